The first-order chi connectivity index (χ1) is 12.3. The van der Waals surface area contributed by atoms with E-state index in [9.17, 15) is 19.7 Å². The third-order valence-electron chi connectivity index (χ3n) is 3.26. The van der Waals surface area contributed by atoms with Crippen molar-refractivity contribution in [3.63, 3.8) is 0 Å². The highest BCUT2D eigenvalue weighted by Gasteiger charge is 2.09. The molecule has 0 aromatic heterocycles. The Labute approximate surface area is 148 Å². The van der Waals surface area contributed by atoms with Crippen LogP contribution in [0.2, 0.25) is 0 Å². The van der Waals surface area contributed by atoms with Crippen LogP contribution in [0.3, 0.4) is 0 Å². The lowest BCUT2D eigenvalue weighted by atomic mass is 10.2. The van der Waals surface area contributed by atoms with Gasteiger partial charge in [0.25, 0.3) is 5.69 Å². The number of nitro groups is 1. The SMILES string of the molecule is CC(=O)NC(=Cc1ccc(OCc2cccc([N+](=O)[O-])c2)cc1)C(=O)O. The zero-order valence-electron chi connectivity index (χ0n) is 13.8. The van der Waals surface area contributed by atoms with Crippen molar-refractivity contribution in [2.45, 2.75) is 13.5 Å². The number of benzene rings is 2. The van der Waals surface area contributed by atoms with Gasteiger partial charge in [-0.15, -0.1) is 0 Å². The Morgan fingerprint density at radius 1 is 1.23 bits per heavy atom. The van der Waals surface area contributed by atoms with Crippen LogP contribution in [0.1, 0.15) is 18.1 Å². The number of hydrogen-bond donors (Lipinski definition) is 2. The van der Waals surface area contributed by atoms with Gasteiger partial charge in [0, 0.05) is 19.1 Å². The van der Waals surface area contributed by atoms with Crippen molar-refractivity contribution < 1.29 is 24.4 Å². The third kappa shape index (κ3) is 5.45. The Hall–Kier alpha value is -3.68. The van der Waals surface area contributed by atoms with Crippen molar-refractivity contribution in [1.82, 2.24) is 5.32 Å². The molecule has 0 saturated carbocycles. The van der Waals surface area contributed by atoms with Gasteiger partial charge >= 0.3 is 5.97 Å². The summed E-state index contributed by atoms with van der Waals surface area (Å²) in [7, 11) is 0. The number of nitro benzene ring substituents is 1. The summed E-state index contributed by atoms with van der Waals surface area (Å²) in [5.74, 6) is -1.20. The number of carboxylic acid groups (broad SMARTS) is 1. The van der Waals surface area contributed by atoms with Gasteiger partial charge in [0.2, 0.25) is 5.91 Å². The summed E-state index contributed by atoms with van der Waals surface area (Å²) in [5, 5.41) is 22.1. The second-order valence-corrected chi connectivity index (χ2v) is 5.33. The van der Waals surface area contributed by atoms with E-state index in [0.717, 1.165) is 0 Å². The van der Waals surface area contributed by atoms with E-state index in [0.29, 0.717) is 16.9 Å². The van der Waals surface area contributed by atoms with Gasteiger partial charge in [0.15, 0.2) is 0 Å². The molecule has 8 heteroatoms. The van der Waals surface area contributed by atoms with Gasteiger partial charge in [0.05, 0.1) is 4.92 Å². The average molecular weight is 356 g/mol. The Balaban J connectivity index is 2.05. The Morgan fingerprint density at radius 2 is 1.92 bits per heavy atom. The summed E-state index contributed by atoms with van der Waals surface area (Å²) >= 11 is 0. The molecule has 0 fully saturated rings. The molecule has 0 aliphatic heterocycles. The predicted molar refractivity (Wildman–Crippen MR) is 93.3 cm³/mol. The lowest BCUT2D eigenvalue weighted by molar-refractivity contribution is -0.384. The maximum absolute atomic E-state index is 11.1. The largest absolute Gasteiger partial charge is 0.489 e. The third-order valence-corrected chi connectivity index (χ3v) is 3.26. The molecular weight excluding hydrogens is 340 g/mol. The standard InChI is InChI=1S/C18H16N2O6/c1-12(21)19-17(18(22)23)10-13-5-7-16(8-6-13)26-11-14-3-2-4-15(9-14)20(24)25/h2-10H,11H2,1H3,(H,19,21)(H,22,23). The van der Waals surface area contributed by atoms with E-state index in [1.807, 2.05) is 0 Å². The number of carbonyl (C=O) groups excluding carboxylic acids is 1. The second kappa shape index (κ2) is 8.43. The van der Waals surface area contributed by atoms with Crippen molar-refractivity contribution in [1.29, 1.82) is 0 Å². The number of non-ortho nitro benzene ring substituents is 1. The van der Waals surface area contributed by atoms with E-state index in [1.165, 1.54) is 25.1 Å². The molecule has 0 radical (unpaired) electrons. The first-order valence-corrected chi connectivity index (χ1v) is 7.54. The van der Waals surface area contributed by atoms with Crippen LogP contribution >= 0.6 is 0 Å². The Kier molecular flexibility index (Phi) is 6.05. The van der Waals surface area contributed by atoms with E-state index in [1.54, 1.807) is 36.4 Å². The predicted octanol–water partition coefficient (Wildman–Crippen LogP) is 2.74. The zero-order valence-corrected chi connectivity index (χ0v) is 13.8. The van der Waals surface area contributed by atoms with Gasteiger partial charge in [-0.3, -0.25) is 14.9 Å². The number of aliphatic carboxylic acids is 1. The van der Waals surface area contributed by atoms with Gasteiger partial charge in [0.1, 0.15) is 18.1 Å². The normalized spacial score (nSPS) is 10.9. The molecule has 0 spiro atoms. The zero-order chi connectivity index (χ0) is 19.1. The smallest absolute Gasteiger partial charge is 0.352 e. The van der Waals surface area contributed by atoms with Gasteiger partial charge in [-0.05, 0) is 29.3 Å². The van der Waals surface area contributed by atoms with Gasteiger partial charge in [-0.1, -0.05) is 24.3 Å². The maximum Gasteiger partial charge on any atom is 0.352 e. The monoisotopic (exact) mass is 356 g/mol. The maximum atomic E-state index is 11.1. The highest BCUT2D eigenvalue weighted by atomic mass is 16.6. The lowest BCUT2D eigenvalue weighted by Crippen LogP contribution is -2.24. The van der Waals surface area contributed by atoms with E-state index in [-0.39, 0.29) is 18.0 Å². The molecule has 2 aromatic carbocycles. The van der Waals surface area contributed by atoms with Gasteiger partial charge in [-0.2, -0.15) is 0 Å². The molecule has 134 valence electrons. The molecule has 0 heterocycles. The molecule has 0 aliphatic carbocycles. The number of carbonyl (C=O) groups is 2. The number of ether oxygens (including phenoxy) is 1. The minimum atomic E-state index is -1.24. The molecule has 2 rings (SSSR count). The Bertz CT molecular complexity index is 858. The van der Waals surface area contributed by atoms with Crippen LogP contribution in [0.25, 0.3) is 6.08 Å². The molecule has 8 nitrogen and oxygen atoms in total. The Morgan fingerprint density at radius 3 is 2.50 bits per heavy atom. The fourth-order valence-electron chi connectivity index (χ4n) is 2.09. The summed E-state index contributed by atoms with van der Waals surface area (Å²) in [4.78, 5) is 32.4. The van der Waals surface area contributed by atoms with Gasteiger partial charge < -0.3 is 15.2 Å². The first kappa shape index (κ1) is 18.7. The van der Waals surface area contributed by atoms with Crippen LogP contribution in [0.15, 0.2) is 54.2 Å². The molecular formula is C18H16N2O6. The summed E-state index contributed by atoms with van der Waals surface area (Å²) < 4.78 is 5.57. The molecule has 0 bridgehead atoms. The fraction of sp³-hybridized carbons (Fsp3) is 0.111. The molecule has 0 saturated heterocycles. The number of carboxylic acids is 1. The van der Waals surface area contributed by atoms with E-state index < -0.39 is 16.8 Å². The van der Waals surface area contributed by atoms with Crippen LogP contribution in [0.5, 0.6) is 5.75 Å². The summed E-state index contributed by atoms with van der Waals surface area (Å²) in [5.41, 5.74) is 0.981. The highest BCUT2D eigenvalue weighted by molar-refractivity contribution is 5.96. The van der Waals surface area contributed by atoms with Crippen molar-refractivity contribution in [3.8, 4) is 5.75 Å². The van der Waals surface area contributed by atoms with Crippen LogP contribution in [-0.4, -0.2) is 21.9 Å². The van der Waals surface area contributed by atoms with E-state index >= 15 is 0 Å². The molecule has 0 atom stereocenters. The van der Waals surface area contributed by atoms with Crippen LogP contribution < -0.4 is 10.1 Å². The minimum absolute atomic E-state index is 0.00856. The summed E-state index contributed by atoms with van der Waals surface area (Å²) in [6.45, 7) is 1.38. The average Bonchev–Trinajstić information content (AvgIpc) is 2.60. The molecule has 0 aliphatic rings. The van der Waals surface area contributed by atoms with E-state index in [2.05, 4.69) is 5.32 Å². The quantitative estimate of drug-likeness (QED) is 0.447. The van der Waals surface area contributed by atoms with Crippen LogP contribution in [-0.2, 0) is 16.2 Å². The molecule has 0 unspecified atom stereocenters. The molecule has 2 aromatic rings. The number of hydrogen-bond acceptors (Lipinski definition) is 5. The topological polar surface area (TPSA) is 119 Å². The fourth-order valence-corrected chi connectivity index (χ4v) is 2.09. The summed E-state index contributed by atoms with van der Waals surface area (Å²) in [6, 6.07) is 12.7. The van der Waals surface area contributed by atoms with Crippen molar-refractivity contribution in [2.24, 2.45) is 0 Å². The first-order valence-electron chi connectivity index (χ1n) is 7.54. The molecule has 2 N–H and O–H groups in total. The van der Waals surface area contributed by atoms with E-state index in [4.69, 9.17) is 9.84 Å². The second-order valence-electron chi connectivity index (χ2n) is 5.33. The number of amides is 1. The van der Waals surface area contributed by atoms with Crippen molar-refractivity contribution >= 4 is 23.6 Å². The highest BCUT2D eigenvalue weighted by Crippen LogP contribution is 2.18. The van der Waals surface area contributed by atoms with Gasteiger partial charge in [-0.25, -0.2) is 4.79 Å². The van der Waals surface area contributed by atoms with Crippen LogP contribution in [0.4, 0.5) is 5.69 Å². The van der Waals surface area contributed by atoms with Crippen molar-refractivity contribution in [2.75, 3.05) is 0 Å². The minimum Gasteiger partial charge on any atom is -0.489 e. The van der Waals surface area contributed by atoms with Crippen molar-refractivity contribution in [3.05, 3.63) is 75.5 Å². The van der Waals surface area contributed by atoms with Crippen LogP contribution in [0, 0.1) is 10.1 Å². The molecule has 26 heavy (non-hydrogen) atoms. The summed E-state index contributed by atoms with van der Waals surface area (Å²) in [6.07, 6.45) is 1.33. The number of rotatable bonds is 7. The number of nitrogens with zero attached hydrogens (tertiary/aromatic N) is 1. The lowest BCUT2D eigenvalue weighted by Gasteiger charge is -2.07. The number of nitrogens with one attached hydrogen (secondary N) is 1. The molecule has 1 amide bonds.